The predicted molar refractivity (Wildman–Crippen MR) is 92.7 cm³/mol. The molecule has 6 heteroatoms. The average Bonchev–Trinajstić information content (AvgIpc) is 3.12. The van der Waals surface area contributed by atoms with Crippen molar-refractivity contribution in [3.63, 3.8) is 0 Å². The number of carbonyl (C=O) groups excluding carboxylic acids is 1. The molecule has 0 spiro atoms. The molecule has 0 aliphatic rings. The van der Waals surface area contributed by atoms with Crippen LogP contribution in [0.5, 0.6) is 0 Å². The van der Waals surface area contributed by atoms with Crippen LogP contribution in [0.2, 0.25) is 0 Å². The van der Waals surface area contributed by atoms with Gasteiger partial charge in [0.2, 0.25) is 0 Å². The van der Waals surface area contributed by atoms with Crippen LogP contribution in [0.3, 0.4) is 0 Å². The molecule has 0 saturated heterocycles. The van der Waals surface area contributed by atoms with E-state index in [1.807, 2.05) is 29.6 Å². The summed E-state index contributed by atoms with van der Waals surface area (Å²) < 4.78 is 0. The number of nitrogens with one attached hydrogen (secondary N) is 2. The molecule has 2 heterocycles. The summed E-state index contributed by atoms with van der Waals surface area (Å²) in [7, 11) is 0. The maximum Gasteiger partial charge on any atom is 0.314 e. The first-order valence-electron chi connectivity index (χ1n) is 7.75. The van der Waals surface area contributed by atoms with E-state index in [0.29, 0.717) is 25.4 Å². The van der Waals surface area contributed by atoms with E-state index >= 15 is 0 Å². The number of carbonyl (C=O) groups is 1. The molecule has 2 aromatic heterocycles. The van der Waals surface area contributed by atoms with Crippen LogP contribution in [0.15, 0.2) is 41.9 Å². The molecule has 0 aliphatic heterocycles. The molecular formula is C17H23N3O2S. The molecule has 0 aromatic carbocycles. The number of aliphatic hydroxyl groups excluding tert-OH is 1. The zero-order chi connectivity index (χ0) is 16.5. The fourth-order valence-corrected chi connectivity index (χ4v) is 3.02. The Morgan fingerprint density at radius 3 is 2.74 bits per heavy atom. The van der Waals surface area contributed by atoms with Gasteiger partial charge in [-0.05, 0) is 30.0 Å². The first kappa shape index (κ1) is 17.4. The molecule has 0 bridgehead atoms. The Morgan fingerprint density at radius 1 is 1.26 bits per heavy atom. The quantitative estimate of drug-likeness (QED) is 0.694. The summed E-state index contributed by atoms with van der Waals surface area (Å²) in [6.45, 7) is 3.12. The molecular weight excluding hydrogens is 310 g/mol. The van der Waals surface area contributed by atoms with Gasteiger partial charge in [-0.3, -0.25) is 4.98 Å². The maximum absolute atomic E-state index is 11.9. The van der Waals surface area contributed by atoms with Crippen molar-refractivity contribution < 1.29 is 9.90 Å². The molecule has 23 heavy (non-hydrogen) atoms. The Balaban J connectivity index is 1.70. The summed E-state index contributed by atoms with van der Waals surface area (Å²) in [6, 6.07) is 9.59. The molecule has 5 nitrogen and oxygen atoms in total. The van der Waals surface area contributed by atoms with Gasteiger partial charge >= 0.3 is 6.03 Å². The molecule has 124 valence electrons. The predicted octanol–water partition coefficient (Wildman–Crippen LogP) is 2.40. The van der Waals surface area contributed by atoms with Crippen molar-refractivity contribution in [1.82, 2.24) is 15.6 Å². The SMILES string of the molecule is CC(CNC(=O)NCC(CO)Cc1ccccn1)c1cccs1. The average molecular weight is 333 g/mol. The van der Waals surface area contributed by atoms with Gasteiger partial charge in [0.15, 0.2) is 0 Å². The molecule has 2 aromatic rings. The summed E-state index contributed by atoms with van der Waals surface area (Å²) >= 11 is 1.69. The molecule has 2 rings (SSSR count). The number of aromatic nitrogens is 1. The van der Waals surface area contributed by atoms with Crippen molar-refractivity contribution in [2.24, 2.45) is 5.92 Å². The smallest absolute Gasteiger partial charge is 0.314 e. The van der Waals surface area contributed by atoms with Crippen LogP contribution in [0.1, 0.15) is 23.4 Å². The lowest BCUT2D eigenvalue weighted by Gasteiger charge is -2.16. The number of thiophene rings is 1. The number of pyridine rings is 1. The summed E-state index contributed by atoms with van der Waals surface area (Å²) in [4.78, 5) is 17.4. The van der Waals surface area contributed by atoms with Gasteiger partial charge in [-0.2, -0.15) is 0 Å². The summed E-state index contributed by atoms with van der Waals surface area (Å²) in [5.41, 5.74) is 0.917. The topological polar surface area (TPSA) is 74.2 Å². The van der Waals surface area contributed by atoms with E-state index < -0.39 is 0 Å². The zero-order valence-corrected chi connectivity index (χ0v) is 14.1. The Kier molecular flexibility index (Phi) is 7.03. The molecule has 0 aliphatic carbocycles. The van der Waals surface area contributed by atoms with Crippen molar-refractivity contribution in [3.8, 4) is 0 Å². The van der Waals surface area contributed by atoms with E-state index in [4.69, 9.17) is 0 Å². The first-order chi connectivity index (χ1) is 11.2. The van der Waals surface area contributed by atoms with E-state index in [1.54, 1.807) is 17.5 Å². The summed E-state index contributed by atoms with van der Waals surface area (Å²) in [6.07, 6.45) is 2.37. The minimum Gasteiger partial charge on any atom is -0.396 e. The highest BCUT2D eigenvalue weighted by Crippen LogP contribution is 2.19. The summed E-state index contributed by atoms with van der Waals surface area (Å²) in [5.74, 6) is 0.258. The minimum atomic E-state index is -0.201. The fourth-order valence-electron chi connectivity index (χ4n) is 2.23. The molecule has 2 unspecified atom stereocenters. The van der Waals surface area contributed by atoms with Crippen LogP contribution in [-0.4, -0.2) is 35.8 Å². The van der Waals surface area contributed by atoms with E-state index in [1.165, 1.54) is 4.88 Å². The highest BCUT2D eigenvalue weighted by atomic mass is 32.1. The Hall–Kier alpha value is -1.92. The zero-order valence-electron chi connectivity index (χ0n) is 13.2. The van der Waals surface area contributed by atoms with Crippen molar-refractivity contribution in [2.45, 2.75) is 19.3 Å². The normalized spacial score (nSPS) is 13.3. The minimum absolute atomic E-state index is 0.0163. The van der Waals surface area contributed by atoms with Crippen molar-refractivity contribution in [3.05, 3.63) is 52.5 Å². The summed E-state index contributed by atoms with van der Waals surface area (Å²) in [5, 5.41) is 17.2. The second-order valence-electron chi connectivity index (χ2n) is 5.58. The van der Waals surface area contributed by atoms with Gasteiger partial charge in [0.25, 0.3) is 0 Å². The number of rotatable bonds is 8. The van der Waals surface area contributed by atoms with E-state index in [2.05, 4.69) is 28.6 Å². The van der Waals surface area contributed by atoms with Gasteiger partial charge in [-0.25, -0.2) is 4.79 Å². The molecule has 3 N–H and O–H groups in total. The van der Waals surface area contributed by atoms with Crippen LogP contribution >= 0.6 is 11.3 Å². The Morgan fingerprint density at radius 2 is 2.09 bits per heavy atom. The fraction of sp³-hybridized carbons (Fsp3) is 0.412. The van der Waals surface area contributed by atoms with Crippen molar-refractivity contribution in [1.29, 1.82) is 0 Å². The third-order valence-electron chi connectivity index (χ3n) is 3.63. The highest BCUT2D eigenvalue weighted by molar-refractivity contribution is 7.10. The second-order valence-corrected chi connectivity index (χ2v) is 6.56. The lowest BCUT2D eigenvalue weighted by atomic mass is 10.0. The number of hydrogen-bond acceptors (Lipinski definition) is 4. The van der Waals surface area contributed by atoms with Crippen molar-refractivity contribution in [2.75, 3.05) is 19.7 Å². The maximum atomic E-state index is 11.9. The third kappa shape index (κ3) is 6.00. The highest BCUT2D eigenvalue weighted by Gasteiger charge is 2.12. The van der Waals surface area contributed by atoms with Gasteiger partial charge in [0.1, 0.15) is 0 Å². The number of urea groups is 1. The van der Waals surface area contributed by atoms with Gasteiger partial charge in [0.05, 0.1) is 0 Å². The molecule has 0 radical (unpaired) electrons. The third-order valence-corrected chi connectivity index (χ3v) is 4.73. The van der Waals surface area contributed by atoms with Gasteiger partial charge in [-0.1, -0.05) is 19.1 Å². The largest absolute Gasteiger partial charge is 0.396 e. The molecule has 0 saturated carbocycles. The number of hydrogen-bond donors (Lipinski definition) is 3. The monoisotopic (exact) mass is 333 g/mol. The van der Waals surface area contributed by atoms with Crippen LogP contribution < -0.4 is 10.6 Å². The molecule has 2 atom stereocenters. The van der Waals surface area contributed by atoms with Gasteiger partial charge in [-0.15, -0.1) is 11.3 Å². The van der Waals surface area contributed by atoms with E-state index in [0.717, 1.165) is 5.69 Å². The van der Waals surface area contributed by atoms with E-state index in [9.17, 15) is 9.90 Å². The number of aliphatic hydroxyl groups is 1. The van der Waals surface area contributed by atoms with Crippen LogP contribution in [0, 0.1) is 5.92 Å². The van der Waals surface area contributed by atoms with Crippen molar-refractivity contribution >= 4 is 17.4 Å². The standard InChI is InChI=1S/C17H23N3O2S/c1-13(16-6-4-8-23-16)10-19-17(22)20-11-14(12-21)9-15-5-2-3-7-18-15/h2-8,13-14,21H,9-12H2,1H3,(H2,19,20,22). The van der Waals surface area contributed by atoms with Crippen LogP contribution in [0.4, 0.5) is 4.79 Å². The lowest BCUT2D eigenvalue weighted by molar-refractivity contribution is 0.213. The molecule has 2 amide bonds. The lowest BCUT2D eigenvalue weighted by Crippen LogP contribution is -2.40. The van der Waals surface area contributed by atoms with E-state index in [-0.39, 0.29) is 18.6 Å². The first-order valence-corrected chi connectivity index (χ1v) is 8.63. The Bertz CT molecular complexity index is 575. The number of nitrogens with zero attached hydrogens (tertiary/aromatic N) is 1. The van der Waals surface area contributed by atoms with Crippen LogP contribution in [-0.2, 0) is 6.42 Å². The van der Waals surface area contributed by atoms with Gasteiger partial charge < -0.3 is 15.7 Å². The molecule has 0 fully saturated rings. The van der Waals surface area contributed by atoms with Crippen LogP contribution in [0.25, 0.3) is 0 Å². The Labute approximate surface area is 140 Å². The second kappa shape index (κ2) is 9.27. The number of amides is 2. The van der Waals surface area contributed by atoms with Gasteiger partial charge in [0, 0.05) is 48.3 Å².